The van der Waals surface area contributed by atoms with Gasteiger partial charge >= 0.3 is 0 Å². The van der Waals surface area contributed by atoms with Gasteiger partial charge in [-0.05, 0) is 44.6 Å². The molecule has 1 saturated carbocycles. The molecule has 0 amide bonds. The molecule has 2 fully saturated rings. The fraction of sp³-hybridized carbons (Fsp3) is 0.933. The van der Waals surface area contributed by atoms with Gasteiger partial charge in [-0.2, -0.15) is 5.26 Å². The molecule has 1 heterocycles. The molecule has 0 unspecified atom stereocenters. The SMILES string of the molecule is N#CCCN(CCCCC1CCOCC1)C1CC1. The molecule has 2 aliphatic rings. The monoisotopic (exact) mass is 250 g/mol. The van der Waals surface area contributed by atoms with E-state index in [1.165, 1.54) is 51.5 Å². The molecule has 0 bridgehead atoms. The van der Waals surface area contributed by atoms with E-state index in [-0.39, 0.29) is 0 Å². The van der Waals surface area contributed by atoms with Gasteiger partial charge in [0, 0.05) is 32.2 Å². The third kappa shape index (κ3) is 4.96. The zero-order valence-electron chi connectivity index (χ0n) is 11.4. The quantitative estimate of drug-likeness (QED) is 0.621. The Balaban J connectivity index is 1.53. The molecule has 0 aromatic rings. The second kappa shape index (κ2) is 7.76. The molecule has 0 aromatic carbocycles. The lowest BCUT2D eigenvalue weighted by molar-refractivity contribution is 0.0628. The van der Waals surface area contributed by atoms with Crippen LogP contribution in [0.25, 0.3) is 0 Å². The highest BCUT2D eigenvalue weighted by Gasteiger charge is 2.27. The van der Waals surface area contributed by atoms with Crippen molar-refractivity contribution in [3.63, 3.8) is 0 Å². The third-order valence-electron chi connectivity index (χ3n) is 4.22. The molecule has 2 rings (SSSR count). The molecule has 1 aliphatic heterocycles. The van der Waals surface area contributed by atoms with Crippen LogP contribution in [0.3, 0.4) is 0 Å². The summed E-state index contributed by atoms with van der Waals surface area (Å²) in [4.78, 5) is 2.53. The fourth-order valence-corrected chi connectivity index (χ4v) is 2.89. The number of ether oxygens (including phenoxy) is 1. The van der Waals surface area contributed by atoms with E-state index < -0.39 is 0 Å². The minimum Gasteiger partial charge on any atom is -0.381 e. The average molecular weight is 250 g/mol. The summed E-state index contributed by atoms with van der Waals surface area (Å²) < 4.78 is 5.39. The van der Waals surface area contributed by atoms with E-state index in [4.69, 9.17) is 10.00 Å². The molecule has 1 aliphatic carbocycles. The van der Waals surface area contributed by atoms with Crippen LogP contribution in [-0.2, 0) is 4.74 Å². The van der Waals surface area contributed by atoms with Crippen molar-refractivity contribution in [1.29, 1.82) is 5.26 Å². The van der Waals surface area contributed by atoms with Crippen molar-refractivity contribution in [2.45, 2.75) is 57.4 Å². The summed E-state index contributed by atoms with van der Waals surface area (Å²) in [5, 5.41) is 8.67. The van der Waals surface area contributed by atoms with Crippen LogP contribution in [0.2, 0.25) is 0 Å². The predicted octanol–water partition coefficient (Wildman–Crippen LogP) is 2.96. The molecule has 0 aromatic heterocycles. The first-order chi connectivity index (χ1) is 8.90. The zero-order valence-corrected chi connectivity index (χ0v) is 11.4. The Morgan fingerprint density at radius 3 is 2.50 bits per heavy atom. The van der Waals surface area contributed by atoms with Gasteiger partial charge in [0.15, 0.2) is 0 Å². The lowest BCUT2D eigenvalue weighted by Gasteiger charge is -2.23. The molecular formula is C15H26N2O. The summed E-state index contributed by atoms with van der Waals surface area (Å²) >= 11 is 0. The fourth-order valence-electron chi connectivity index (χ4n) is 2.89. The Labute approximate surface area is 111 Å². The van der Waals surface area contributed by atoms with Gasteiger partial charge in [0.2, 0.25) is 0 Å². The van der Waals surface area contributed by atoms with Crippen LogP contribution < -0.4 is 0 Å². The van der Waals surface area contributed by atoms with Crippen molar-refractivity contribution in [3.8, 4) is 6.07 Å². The summed E-state index contributed by atoms with van der Waals surface area (Å²) in [6.07, 6.45) is 9.95. The summed E-state index contributed by atoms with van der Waals surface area (Å²) in [7, 11) is 0. The van der Waals surface area contributed by atoms with E-state index in [1.54, 1.807) is 0 Å². The number of hydrogen-bond acceptors (Lipinski definition) is 3. The van der Waals surface area contributed by atoms with Crippen molar-refractivity contribution in [1.82, 2.24) is 4.90 Å². The van der Waals surface area contributed by atoms with Crippen LogP contribution in [0, 0.1) is 17.2 Å². The van der Waals surface area contributed by atoms with Crippen LogP contribution >= 0.6 is 0 Å². The number of rotatable bonds is 8. The first-order valence-electron chi connectivity index (χ1n) is 7.59. The van der Waals surface area contributed by atoms with Gasteiger partial charge in [0.05, 0.1) is 6.07 Å². The predicted molar refractivity (Wildman–Crippen MR) is 72.2 cm³/mol. The Morgan fingerprint density at radius 1 is 1.06 bits per heavy atom. The Kier molecular flexibility index (Phi) is 5.96. The van der Waals surface area contributed by atoms with Crippen molar-refractivity contribution in [2.75, 3.05) is 26.3 Å². The maximum atomic E-state index is 8.67. The normalized spacial score (nSPS) is 21.1. The van der Waals surface area contributed by atoms with Crippen LogP contribution in [0.1, 0.15) is 51.4 Å². The Hall–Kier alpha value is -0.590. The van der Waals surface area contributed by atoms with Crippen molar-refractivity contribution in [3.05, 3.63) is 0 Å². The number of hydrogen-bond donors (Lipinski definition) is 0. The first-order valence-corrected chi connectivity index (χ1v) is 7.59. The van der Waals surface area contributed by atoms with E-state index in [1.807, 2.05) is 0 Å². The van der Waals surface area contributed by atoms with Crippen LogP contribution in [0.15, 0.2) is 0 Å². The highest BCUT2D eigenvalue weighted by atomic mass is 16.5. The van der Waals surface area contributed by atoms with Crippen molar-refractivity contribution < 1.29 is 4.74 Å². The summed E-state index contributed by atoms with van der Waals surface area (Å²) in [6.45, 7) is 4.13. The van der Waals surface area contributed by atoms with Gasteiger partial charge < -0.3 is 4.74 Å². The van der Waals surface area contributed by atoms with E-state index in [2.05, 4.69) is 11.0 Å². The van der Waals surface area contributed by atoms with Gasteiger partial charge in [0.1, 0.15) is 0 Å². The highest BCUT2D eigenvalue weighted by molar-refractivity contribution is 4.86. The third-order valence-corrected chi connectivity index (χ3v) is 4.22. The molecule has 0 N–H and O–H groups in total. The first kappa shape index (κ1) is 13.8. The molecule has 0 radical (unpaired) electrons. The van der Waals surface area contributed by atoms with Crippen LogP contribution in [-0.4, -0.2) is 37.2 Å². The molecule has 0 atom stereocenters. The molecule has 3 nitrogen and oxygen atoms in total. The maximum absolute atomic E-state index is 8.67. The molecule has 0 spiro atoms. The lowest BCUT2D eigenvalue weighted by Crippen LogP contribution is -2.28. The topological polar surface area (TPSA) is 36.3 Å². The number of nitrogens with zero attached hydrogens (tertiary/aromatic N) is 2. The smallest absolute Gasteiger partial charge is 0.0635 e. The lowest BCUT2D eigenvalue weighted by atomic mass is 9.94. The van der Waals surface area contributed by atoms with Gasteiger partial charge in [0.25, 0.3) is 0 Å². The molecule has 1 saturated heterocycles. The van der Waals surface area contributed by atoms with Gasteiger partial charge in [-0.25, -0.2) is 0 Å². The van der Waals surface area contributed by atoms with Crippen molar-refractivity contribution in [2.24, 2.45) is 5.92 Å². The minimum atomic E-state index is 0.691. The second-order valence-electron chi connectivity index (χ2n) is 5.73. The van der Waals surface area contributed by atoms with Gasteiger partial charge in [-0.15, -0.1) is 0 Å². The maximum Gasteiger partial charge on any atom is 0.0635 e. The largest absolute Gasteiger partial charge is 0.381 e. The summed E-state index contributed by atoms with van der Waals surface area (Å²) in [5.41, 5.74) is 0. The van der Waals surface area contributed by atoms with E-state index in [9.17, 15) is 0 Å². The van der Waals surface area contributed by atoms with Gasteiger partial charge in [-0.1, -0.05) is 12.8 Å². The number of unbranched alkanes of at least 4 members (excludes halogenated alkanes) is 1. The minimum absolute atomic E-state index is 0.691. The second-order valence-corrected chi connectivity index (χ2v) is 5.73. The standard InChI is InChI=1S/C15H26N2O/c16-9-3-11-17(15-5-6-15)10-2-1-4-14-7-12-18-13-8-14/h14-15H,1-8,10-13H2. The highest BCUT2D eigenvalue weighted by Crippen LogP contribution is 2.27. The van der Waals surface area contributed by atoms with Crippen LogP contribution in [0.4, 0.5) is 0 Å². The molecule has 18 heavy (non-hydrogen) atoms. The Bertz CT molecular complexity index is 264. The molecule has 102 valence electrons. The van der Waals surface area contributed by atoms with E-state index in [0.29, 0.717) is 6.42 Å². The zero-order chi connectivity index (χ0) is 12.6. The molecular weight excluding hydrogens is 224 g/mol. The summed E-state index contributed by atoms with van der Waals surface area (Å²) in [6, 6.07) is 3.07. The van der Waals surface area contributed by atoms with E-state index in [0.717, 1.165) is 31.7 Å². The van der Waals surface area contributed by atoms with Gasteiger partial charge in [-0.3, -0.25) is 4.90 Å². The number of nitriles is 1. The van der Waals surface area contributed by atoms with Crippen molar-refractivity contribution >= 4 is 0 Å². The van der Waals surface area contributed by atoms with Crippen LogP contribution in [0.5, 0.6) is 0 Å². The Morgan fingerprint density at radius 2 is 1.83 bits per heavy atom. The molecule has 3 heteroatoms. The van der Waals surface area contributed by atoms with E-state index >= 15 is 0 Å². The average Bonchev–Trinajstić information content (AvgIpc) is 3.23. The summed E-state index contributed by atoms with van der Waals surface area (Å²) in [5.74, 6) is 0.909.